The van der Waals surface area contributed by atoms with E-state index >= 15 is 0 Å². The fourth-order valence-corrected chi connectivity index (χ4v) is 4.30. The minimum atomic E-state index is -4.03. The number of sulfone groups is 1. The molecule has 0 aliphatic heterocycles. The Kier molecular flexibility index (Phi) is 5.38. The van der Waals surface area contributed by atoms with Crippen LogP contribution in [0.2, 0.25) is 0 Å². The van der Waals surface area contributed by atoms with Crippen LogP contribution < -0.4 is 15.2 Å². The maximum atomic E-state index is 11.6. The van der Waals surface area contributed by atoms with Gasteiger partial charge in [0.1, 0.15) is 12.4 Å². The van der Waals surface area contributed by atoms with Gasteiger partial charge in [-0.05, 0) is 12.1 Å². The second-order valence-electron chi connectivity index (χ2n) is 4.17. The van der Waals surface area contributed by atoms with Crippen LogP contribution in [-0.4, -0.2) is 45.8 Å². The van der Waals surface area contributed by atoms with Gasteiger partial charge in [0.05, 0.1) is 5.69 Å². The molecule has 1 rings (SSSR count). The molecule has 0 saturated carbocycles. The lowest BCUT2D eigenvalue weighted by Gasteiger charge is -2.09. The molecular weight excluding hydrogens is 322 g/mol. The van der Waals surface area contributed by atoms with Crippen LogP contribution >= 0.6 is 0 Å². The van der Waals surface area contributed by atoms with Crippen molar-refractivity contribution in [1.82, 2.24) is 0 Å². The van der Waals surface area contributed by atoms with Gasteiger partial charge in [-0.3, -0.25) is 4.72 Å². The first-order valence-electron chi connectivity index (χ1n) is 5.49. The molecule has 0 saturated heterocycles. The SMILES string of the molecule is CS(=O)(=O)CS(=O)(=O)Nc1cccc(OC/C(N)=N/O)c1. The predicted molar refractivity (Wildman–Crippen MR) is 77.6 cm³/mol. The Labute approximate surface area is 122 Å². The molecule has 9 nitrogen and oxygen atoms in total. The molecule has 118 valence electrons. The van der Waals surface area contributed by atoms with E-state index in [4.69, 9.17) is 15.7 Å². The van der Waals surface area contributed by atoms with Gasteiger partial charge in [-0.15, -0.1) is 0 Å². The van der Waals surface area contributed by atoms with E-state index in [-0.39, 0.29) is 23.9 Å². The molecule has 0 amide bonds. The molecule has 0 aliphatic rings. The van der Waals surface area contributed by atoms with Crippen molar-refractivity contribution < 1.29 is 26.8 Å². The standard InChI is InChI=1S/C10H15N3O6S2/c1-20(15,16)7-21(17,18)13-8-3-2-4-9(5-8)19-6-10(11)12-14/h2-5,13-14H,6-7H2,1H3,(H2,11,12). The summed E-state index contributed by atoms with van der Waals surface area (Å²) in [6.45, 7) is -0.184. The summed E-state index contributed by atoms with van der Waals surface area (Å²) in [5, 5.41) is 10.1. The first kappa shape index (κ1) is 17.0. The van der Waals surface area contributed by atoms with E-state index in [0.717, 1.165) is 6.26 Å². The molecular formula is C10H15N3O6S2. The summed E-state index contributed by atoms with van der Waals surface area (Å²) in [5.74, 6) is 0.110. The highest BCUT2D eigenvalue weighted by molar-refractivity contribution is 8.08. The number of amidine groups is 1. The Morgan fingerprint density at radius 3 is 2.62 bits per heavy atom. The molecule has 11 heteroatoms. The average Bonchev–Trinajstić information content (AvgIpc) is 2.32. The minimum Gasteiger partial charge on any atom is -0.485 e. The molecule has 0 fully saturated rings. The van der Waals surface area contributed by atoms with Crippen molar-refractivity contribution in [3.8, 4) is 5.75 Å². The number of hydrogen-bond donors (Lipinski definition) is 3. The molecule has 0 aromatic heterocycles. The number of rotatable bonds is 7. The number of benzene rings is 1. The second kappa shape index (κ2) is 6.63. The second-order valence-corrected chi connectivity index (χ2v) is 8.40. The summed E-state index contributed by atoms with van der Waals surface area (Å²) in [7, 11) is -7.71. The summed E-state index contributed by atoms with van der Waals surface area (Å²) in [6, 6.07) is 5.79. The quantitative estimate of drug-likeness (QED) is 0.264. The first-order chi connectivity index (χ1) is 9.61. The van der Waals surface area contributed by atoms with Crippen molar-refractivity contribution in [3.63, 3.8) is 0 Å². The van der Waals surface area contributed by atoms with Gasteiger partial charge >= 0.3 is 0 Å². The Morgan fingerprint density at radius 2 is 2.05 bits per heavy atom. The van der Waals surface area contributed by atoms with Crippen molar-refractivity contribution >= 4 is 31.4 Å². The minimum absolute atomic E-state index is 0.135. The summed E-state index contributed by atoms with van der Waals surface area (Å²) in [4.78, 5) is 0. The van der Waals surface area contributed by atoms with Gasteiger partial charge in [0.2, 0.25) is 10.0 Å². The largest absolute Gasteiger partial charge is 0.485 e. The highest BCUT2D eigenvalue weighted by Gasteiger charge is 2.18. The number of sulfonamides is 1. The third-order valence-corrected chi connectivity index (χ3v) is 5.49. The summed E-state index contributed by atoms with van der Waals surface area (Å²) in [5.41, 5.74) is 5.36. The topological polar surface area (TPSA) is 148 Å². The number of nitrogens with one attached hydrogen (secondary N) is 1. The average molecular weight is 337 g/mol. The van der Waals surface area contributed by atoms with Crippen molar-refractivity contribution in [2.24, 2.45) is 10.9 Å². The van der Waals surface area contributed by atoms with Gasteiger partial charge < -0.3 is 15.7 Å². The Morgan fingerprint density at radius 1 is 1.38 bits per heavy atom. The summed E-state index contributed by atoms with van der Waals surface area (Å²) in [6.07, 6.45) is 0.822. The van der Waals surface area contributed by atoms with Gasteiger partial charge in [0.15, 0.2) is 20.8 Å². The Balaban J connectivity index is 2.81. The van der Waals surface area contributed by atoms with Crippen molar-refractivity contribution in [1.29, 1.82) is 0 Å². The van der Waals surface area contributed by atoms with E-state index < -0.39 is 24.9 Å². The molecule has 0 atom stereocenters. The van der Waals surface area contributed by atoms with E-state index in [0.29, 0.717) is 0 Å². The van der Waals surface area contributed by atoms with Crippen LogP contribution in [0.1, 0.15) is 0 Å². The summed E-state index contributed by atoms with van der Waals surface area (Å²) >= 11 is 0. The molecule has 21 heavy (non-hydrogen) atoms. The van der Waals surface area contributed by atoms with Crippen LogP contribution in [0.4, 0.5) is 5.69 Å². The summed E-state index contributed by atoms with van der Waals surface area (Å²) < 4.78 is 52.6. The zero-order chi connectivity index (χ0) is 16.1. The fourth-order valence-electron chi connectivity index (χ4n) is 1.33. The van der Waals surface area contributed by atoms with Gasteiger partial charge in [-0.2, -0.15) is 0 Å². The van der Waals surface area contributed by atoms with E-state index in [2.05, 4.69) is 9.88 Å². The van der Waals surface area contributed by atoms with Crippen molar-refractivity contribution in [2.75, 3.05) is 22.7 Å². The van der Waals surface area contributed by atoms with Crippen LogP contribution in [0.25, 0.3) is 0 Å². The van der Waals surface area contributed by atoms with E-state index in [1.807, 2.05) is 0 Å². The lowest BCUT2D eigenvalue weighted by molar-refractivity contribution is 0.306. The third kappa shape index (κ3) is 6.81. The zero-order valence-corrected chi connectivity index (χ0v) is 12.7. The maximum Gasteiger partial charge on any atom is 0.247 e. The number of nitrogens with two attached hydrogens (primary N) is 1. The lowest BCUT2D eigenvalue weighted by atomic mass is 10.3. The van der Waals surface area contributed by atoms with Crippen molar-refractivity contribution in [2.45, 2.75) is 0 Å². The smallest absolute Gasteiger partial charge is 0.247 e. The van der Waals surface area contributed by atoms with E-state index in [1.54, 1.807) is 0 Å². The molecule has 0 bridgehead atoms. The van der Waals surface area contributed by atoms with Crippen LogP contribution in [0, 0.1) is 0 Å². The van der Waals surface area contributed by atoms with Crippen LogP contribution in [-0.2, 0) is 19.9 Å². The monoisotopic (exact) mass is 337 g/mol. The first-order valence-corrected chi connectivity index (χ1v) is 9.20. The number of anilines is 1. The molecule has 0 heterocycles. The van der Waals surface area contributed by atoms with Gasteiger partial charge in [-0.25, -0.2) is 16.8 Å². The van der Waals surface area contributed by atoms with Crippen LogP contribution in [0.3, 0.4) is 0 Å². The van der Waals surface area contributed by atoms with Crippen LogP contribution in [0.5, 0.6) is 5.75 Å². The fraction of sp³-hybridized carbons (Fsp3) is 0.300. The molecule has 0 unspecified atom stereocenters. The zero-order valence-electron chi connectivity index (χ0n) is 11.1. The Hall–Kier alpha value is -2.01. The van der Waals surface area contributed by atoms with Crippen LogP contribution in [0.15, 0.2) is 29.4 Å². The van der Waals surface area contributed by atoms with Gasteiger partial charge in [0, 0.05) is 12.3 Å². The lowest BCUT2D eigenvalue weighted by Crippen LogP contribution is -2.22. The van der Waals surface area contributed by atoms with E-state index in [9.17, 15) is 16.8 Å². The highest BCUT2D eigenvalue weighted by atomic mass is 32.3. The normalized spacial score (nSPS) is 12.9. The van der Waals surface area contributed by atoms with E-state index in [1.165, 1.54) is 24.3 Å². The Bertz CT molecular complexity index is 727. The predicted octanol–water partition coefficient (Wildman–Crippen LogP) is -0.444. The van der Waals surface area contributed by atoms with Gasteiger partial charge in [0.25, 0.3) is 0 Å². The number of ether oxygens (including phenoxy) is 1. The third-order valence-electron chi connectivity index (χ3n) is 1.99. The molecule has 0 aliphatic carbocycles. The maximum absolute atomic E-state index is 11.6. The van der Waals surface area contributed by atoms with Crippen molar-refractivity contribution in [3.05, 3.63) is 24.3 Å². The number of oxime groups is 1. The molecule has 1 aromatic carbocycles. The van der Waals surface area contributed by atoms with Gasteiger partial charge in [-0.1, -0.05) is 11.2 Å². The molecule has 1 aromatic rings. The number of hydrogen-bond acceptors (Lipinski definition) is 7. The molecule has 0 spiro atoms. The number of nitrogens with zero attached hydrogens (tertiary/aromatic N) is 1. The molecule has 0 radical (unpaired) electrons. The molecule has 4 N–H and O–H groups in total. The highest BCUT2D eigenvalue weighted by Crippen LogP contribution is 2.18.